The number of halogens is 1. The van der Waals surface area contributed by atoms with E-state index >= 15 is 0 Å². The summed E-state index contributed by atoms with van der Waals surface area (Å²) in [6.07, 6.45) is 1.76. The third kappa shape index (κ3) is 2.42. The van der Waals surface area contributed by atoms with E-state index in [-0.39, 0.29) is 0 Å². The summed E-state index contributed by atoms with van der Waals surface area (Å²) in [5.41, 5.74) is 3.55. The van der Waals surface area contributed by atoms with Crippen molar-refractivity contribution in [3.05, 3.63) is 53.3 Å². The molecule has 0 aliphatic heterocycles. The van der Waals surface area contributed by atoms with Gasteiger partial charge in [0.05, 0.1) is 17.1 Å². The van der Waals surface area contributed by atoms with E-state index in [2.05, 4.69) is 31.0 Å². The van der Waals surface area contributed by atoms with Crippen molar-refractivity contribution in [2.45, 2.75) is 0 Å². The Morgan fingerprint density at radius 1 is 1.00 bits per heavy atom. The number of nitrogens with zero attached hydrogens (tertiary/aromatic N) is 4. The second-order valence-corrected chi connectivity index (χ2v) is 4.91. The van der Waals surface area contributed by atoms with E-state index in [1.807, 2.05) is 54.2 Å². The molecule has 3 rings (SSSR count). The molecule has 0 amide bonds. The van der Waals surface area contributed by atoms with E-state index in [1.165, 1.54) is 0 Å². The van der Waals surface area contributed by atoms with Crippen molar-refractivity contribution >= 4 is 15.9 Å². The van der Waals surface area contributed by atoms with Crippen molar-refractivity contribution in [2.24, 2.45) is 7.05 Å². The van der Waals surface area contributed by atoms with Crippen molar-refractivity contribution in [3.63, 3.8) is 0 Å². The average molecular weight is 315 g/mol. The van der Waals surface area contributed by atoms with Crippen molar-refractivity contribution < 1.29 is 0 Å². The largest absolute Gasteiger partial charge is 0.266 e. The minimum atomic E-state index is 0.811. The van der Waals surface area contributed by atoms with Crippen molar-refractivity contribution in [3.8, 4) is 22.8 Å². The van der Waals surface area contributed by atoms with Gasteiger partial charge in [0.2, 0.25) is 0 Å². The van der Waals surface area contributed by atoms with Crippen molar-refractivity contribution in [1.82, 2.24) is 19.7 Å². The third-order valence-corrected chi connectivity index (χ3v) is 3.23. The van der Waals surface area contributed by atoms with Crippen molar-refractivity contribution in [1.29, 1.82) is 0 Å². The van der Waals surface area contributed by atoms with E-state index in [4.69, 9.17) is 0 Å². The molecule has 4 nitrogen and oxygen atoms in total. The smallest absolute Gasteiger partial charge is 0.111 e. The lowest BCUT2D eigenvalue weighted by Crippen LogP contribution is -1.95. The molecule has 0 N–H and O–H groups in total. The minimum Gasteiger partial charge on any atom is -0.266 e. The van der Waals surface area contributed by atoms with Crippen LogP contribution in [0.25, 0.3) is 22.8 Å². The van der Waals surface area contributed by atoms with Gasteiger partial charge in [0.15, 0.2) is 0 Å². The van der Waals surface area contributed by atoms with Gasteiger partial charge < -0.3 is 0 Å². The van der Waals surface area contributed by atoms with Crippen LogP contribution in [-0.4, -0.2) is 19.7 Å². The molecule has 0 fully saturated rings. The number of rotatable bonds is 2. The molecule has 19 heavy (non-hydrogen) atoms. The molecule has 3 heterocycles. The fourth-order valence-electron chi connectivity index (χ4n) is 1.90. The van der Waals surface area contributed by atoms with Crippen LogP contribution in [0.3, 0.4) is 0 Å². The molecule has 0 radical (unpaired) electrons. The lowest BCUT2D eigenvalue weighted by atomic mass is 10.2. The number of hydrogen-bond acceptors (Lipinski definition) is 3. The maximum atomic E-state index is 4.49. The molecule has 0 saturated carbocycles. The highest BCUT2D eigenvalue weighted by Gasteiger charge is 2.10. The van der Waals surface area contributed by atoms with Gasteiger partial charge in [-0.1, -0.05) is 12.1 Å². The van der Waals surface area contributed by atoms with Gasteiger partial charge in [0, 0.05) is 13.2 Å². The summed E-state index contributed by atoms with van der Waals surface area (Å²) in [5.74, 6) is 0. The second-order valence-electron chi connectivity index (χ2n) is 4.10. The molecule has 0 unspecified atom stereocenters. The number of aromatic nitrogens is 4. The van der Waals surface area contributed by atoms with Crippen LogP contribution < -0.4 is 0 Å². The first kappa shape index (κ1) is 12.0. The Labute approximate surface area is 119 Å². The van der Waals surface area contributed by atoms with E-state index in [0.29, 0.717) is 0 Å². The van der Waals surface area contributed by atoms with Gasteiger partial charge in [-0.3, -0.25) is 9.67 Å². The van der Waals surface area contributed by atoms with Gasteiger partial charge in [-0.2, -0.15) is 5.10 Å². The van der Waals surface area contributed by atoms with Gasteiger partial charge in [-0.25, -0.2) is 4.98 Å². The van der Waals surface area contributed by atoms with Gasteiger partial charge in [0.1, 0.15) is 10.3 Å². The van der Waals surface area contributed by atoms with Gasteiger partial charge in [-0.05, 0) is 46.3 Å². The molecule has 0 aliphatic carbocycles. The Bertz CT molecular complexity index is 706. The SMILES string of the molecule is Cn1nc(-c2ccccn2)cc1-c1cccc(Br)n1. The van der Waals surface area contributed by atoms with Gasteiger partial charge >= 0.3 is 0 Å². The normalized spacial score (nSPS) is 10.6. The molecule has 0 bridgehead atoms. The monoisotopic (exact) mass is 314 g/mol. The van der Waals surface area contributed by atoms with E-state index in [0.717, 1.165) is 27.4 Å². The van der Waals surface area contributed by atoms with Crippen LogP contribution in [0.2, 0.25) is 0 Å². The van der Waals surface area contributed by atoms with E-state index < -0.39 is 0 Å². The molecular formula is C14H11BrN4. The quantitative estimate of drug-likeness (QED) is 0.682. The Hall–Kier alpha value is -2.01. The van der Waals surface area contributed by atoms with Crippen LogP contribution in [0.5, 0.6) is 0 Å². The van der Waals surface area contributed by atoms with Crippen molar-refractivity contribution in [2.75, 3.05) is 0 Å². The predicted molar refractivity (Wildman–Crippen MR) is 77.4 cm³/mol. The molecule has 5 heteroatoms. The lowest BCUT2D eigenvalue weighted by Gasteiger charge is -2.00. The van der Waals surface area contributed by atoms with E-state index in [9.17, 15) is 0 Å². The molecule has 0 saturated heterocycles. The molecule has 0 aromatic carbocycles. The first-order chi connectivity index (χ1) is 9.24. The predicted octanol–water partition coefficient (Wildman–Crippen LogP) is 3.31. The molecular weight excluding hydrogens is 304 g/mol. The van der Waals surface area contributed by atoms with Crippen LogP contribution in [0.1, 0.15) is 0 Å². The zero-order valence-electron chi connectivity index (χ0n) is 10.3. The van der Waals surface area contributed by atoms with Crippen LogP contribution in [-0.2, 0) is 7.05 Å². The summed E-state index contributed by atoms with van der Waals surface area (Å²) in [6.45, 7) is 0. The summed E-state index contributed by atoms with van der Waals surface area (Å²) in [4.78, 5) is 8.76. The summed E-state index contributed by atoms with van der Waals surface area (Å²) in [6, 6.07) is 13.6. The fourth-order valence-corrected chi connectivity index (χ4v) is 2.24. The Balaban J connectivity index is 2.08. The maximum absolute atomic E-state index is 4.49. The fraction of sp³-hybridized carbons (Fsp3) is 0.0714. The summed E-state index contributed by atoms with van der Waals surface area (Å²) in [5, 5.41) is 4.49. The molecule has 94 valence electrons. The Morgan fingerprint density at radius 3 is 2.58 bits per heavy atom. The zero-order valence-corrected chi connectivity index (χ0v) is 11.9. The van der Waals surface area contributed by atoms with Crippen LogP contribution >= 0.6 is 15.9 Å². The highest BCUT2D eigenvalue weighted by Crippen LogP contribution is 2.23. The third-order valence-electron chi connectivity index (χ3n) is 2.78. The lowest BCUT2D eigenvalue weighted by molar-refractivity contribution is 0.775. The summed E-state index contributed by atoms with van der Waals surface area (Å²) < 4.78 is 2.63. The van der Waals surface area contributed by atoms with Crippen LogP contribution in [0.15, 0.2) is 53.3 Å². The van der Waals surface area contributed by atoms with Gasteiger partial charge in [-0.15, -0.1) is 0 Å². The minimum absolute atomic E-state index is 0.811. The Morgan fingerprint density at radius 2 is 1.84 bits per heavy atom. The van der Waals surface area contributed by atoms with Crippen LogP contribution in [0.4, 0.5) is 0 Å². The maximum Gasteiger partial charge on any atom is 0.111 e. The standard InChI is InChI=1S/C14H11BrN4/c1-19-13(11-6-4-7-14(15)17-11)9-12(18-19)10-5-2-3-8-16-10/h2-9H,1H3. The molecule has 0 atom stereocenters. The number of hydrogen-bond donors (Lipinski definition) is 0. The molecule has 0 aliphatic rings. The molecule has 3 aromatic heterocycles. The zero-order chi connectivity index (χ0) is 13.2. The first-order valence-electron chi connectivity index (χ1n) is 5.82. The molecule has 3 aromatic rings. The topological polar surface area (TPSA) is 43.6 Å². The highest BCUT2D eigenvalue weighted by atomic mass is 79.9. The van der Waals surface area contributed by atoms with Gasteiger partial charge in [0.25, 0.3) is 0 Å². The average Bonchev–Trinajstić information content (AvgIpc) is 2.82. The summed E-state index contributed by atoms with van der Waals surface area (Å²) >= 11 is 3.38. The number of pyridine rings is 2. The second kappa shape index (κ2) is 4.93. The Kier molecular flexibility index (Phi) is 3.13. The number of aryl methyl sites for hydroxylation is 1. The van der Waals surface area contributed by atoms with Crippen LogP contribution in [0, 0.1) is 0 Å². The first-order valence-corrected chi connectivity index (χ1v) is 6.62. The van der Waals surface area contributed by atoms with E-state index in [1.54, 1.807) is 6.20 Å². The summed E-state index contributed by atoms with van der Waals surface area (Å²) in [7, 11) is 1.91. The highest BCUT2D eigenvalue weighted by molar-refractivity contribution is 9.10. The molecule has 0 spiro atoms.